The van der Waals surface area contributed by atoms with E-state index in [1.54, 1.807) is 23.8 Å². The quantitative estimate of drug-likeness (QED) is 0.787. The van der Waals surface area contributed by atoms with Crippen molar-refractivity contribution in [3.8, 4) is 0 Å². The summed E-state index contributed by atoms with van der Waals surface area (Å²) < 4.78 is 4.72. The van der Waals surface area contributed by atoms with E-state index in [-0.39, 0.29) is 6.03 Å². The lowest BCUT2D eigenvalue weighted by molar-refractivity contribution is 0.240. The van der Waals surface area contributed by atoms with Crippen molar-refractivity contribution in [3.05, 3.63) is 40.4 Å². The number of carbonyl (C=O) groups is 1. The molecule has 0 aliphatic carbocycles. The summed E-state index contributed by atoms with van der Waals surface area (Å²) in [5.74, 6) is 0. The van der Waals surface area contributed by atoms with Crippen LogP contribution in [0, 0.1) is 0 Å². The molecular formula is C12H15N3O2S. The van der Waals surface area contributed by atoms with Crippen LogP contribution in [0.15, 0.2) is 34.5 Å². The monoisotopic (exact) mass is 265 g/mol. The van der Waals surface area contributed by atoms with Crippen LogP contribution in [0.4, 0.5) is 4.79 Å². The van der Waals surface area contributed by atoms with Gasteiger partial charge in [0, 0.05) is 17.0 Å². The first-order chi connectivity index (χ1) is 8.84. The van der Waals surface area contributed by atoms with Gasteiger partial charge in [-0.1, -0.05) is 11.2 Å². The molecule has 0 saturated heterocycles. The highest BCUT2D eigenvalue weighted by atomic mass is 32.1. The van der Waals surface area contributed by atoms with E-state index in [2.05, 4.69) is 15.8 Å². The third kappa shape index (κ3) is 4.21. The molecule has 2 N–H and O–H groups in total. The molecule has 0 unspecified atom stereocenters. The molecule has 0 aliphatic heterocycles. The Morgan fingerprint density at radius 1 is 1.44 bits per heavy atom. The highest BCUT2D eigenvalue weighted by Gasteiger charge is 2.01. The fourth-order valence-corrected chi connectivity index (χ4v) is 2.13. The van der Waals surface area contributed by atoms with Gasteiger partial charge in [0.05, 0.1) is 12.7 Å². The van der Waals surface area contributed by atoms with Gasteiger partial charge >= 0.3 is 6.03 Å². The van der Waals surface area contributed by atoms with Crippen LogP contribution in [0.5, 0.6) is 0 Å². The molecule has 2 aromatic rings. The lowest BCUT2D eigenvalue weighted by Crippen LogP contribution is -2.35. The molecule has 0 aromatic carbocycles. The highest BCUT2D eigenvalue weighted by molar-refractivity contribution is 7.09. The van der Waals surface area contributed by atoms with E-state index >= 15 is 0 Å². The minimum atomic E-state index is -0.131. The molecule has 96 valence electrons. The van der Waals surface area contributed by atoms with Crippen molar-refractivity contribution in [1.82, 2.24) is 15.8 Å². The SMILES string of the molecule is O=C(NCCCc1cnoc1)NCc1cccs1. The highest BCUT2D eigenvalue weighted by Crippen LogP contribution is 2.07. The Hall–Kier alpha value is -1.82. The van der Waals surface area contributed by atoms with E-state index in [1.165, 1.54) is 0 Å². The van der Waals surface area contributed by atoms with Gasteiger partial charge in [-0.3, -0.25) is 0 Å². The summed E-state index contributed by atoms with van der Waals surface area (Å²) in [6.45, 7) is 1.22. The molecule has 6 heteroatoms. The first-order valence-electron chi connectivity index (χ1n) is 5.77. The van der Waals surface area contributed by atoms with Gasteiger partial charge in [0.25, 0.3) is 0 Å². The Morgan fingerprint density at radius 2 is 2.39 bits per heavy atom. The molecule has 18 heavy (non-hydrogen) atoms. The summed E-state index contributed by atoms with van der Waals surface area (Å²) in [5, 5.41) is 11.2. The molecular weight excluding hydrogens is 250 g/mol. The summed E-state index contributed by atoms with van der Waals surface area (Å²) in [6, 6.07) is 3.84. The number of amides is 2. The molecule has 2 heterocycles. The number of nitrogens with one attached hydrogen (secondary N) is 2. The van der Waals surface area contributed by atoms with Crippen LogP contribution < -0.4 is 10.6 Å². The van der Waals surface area contributed by atoms with Crippen LogP contribution in [0.25, 0.3) is 0 Å². The van der Waals surface area contributed by atoms with Gasteiger partial charge < -0.3 is 15.2 Å². The first kappa shape index (κ1) is 12.6. The Kier molecular flexibility index (Phi) is 4.78. The van der Waals surface area contributed by atoms with Gasteiger partial charge in [0.15, 0.2) is 0 Å². The standard InChI is InChI=1S/C12H15N3O2S/c16-12(14-8-11-4-2-6-18-11)13-5-1-3-10-7-15-17-9-10/h2,4,6-7,9H,1,3,5,8H2,(H2,13,14,16). The van der Waals surface area contributed by atoms with Crippen molar-refractivity contribution in [2.45, 2.75) is 19.4 Å². The number of rotatable bonds is 6. The van der Waals surface area contributed by atoms with Crippen LogP contribution in [0.1, 0.15) is 16.9 Å². The average molecular weight is 265 g/mol. The number of thiophene rings is 1. The first-order valence-corrected chi connectivity index (χ1v) is 6.65. The predicted octanol–water partition coefficient (Wildman–Crippen LogP) is 2.17. The van der Waals surface area contributed by atoms with Crippen LogP contribution in [-0.4, -0.2) is 17.7 Å². The zero-order chi connectivity index (χ0) is 12.6. The maximum Gasteiger partial charge on any atom is 0.315 e. The predicted molar refractivity (Wildman–Crippen MR) is 69.4 cm³/mol. The van der Waals surface area contributed by atoms with Gasteiger partial charge in [-0.15, -0.1) is 11.3 Å². The Balaban J connectivity index is 1.55. The van der Waals surface area contributed by atoms with Gasteiger partial charge in [-0.05, 0) is 24.3 Å². The fourth-order valence-electron chi connectivity index (χ4n) is 1.49. The smallest absolute Gasteiger partial charge is 0.315 e. The van der Waals surface area contributed by atoms with E-state index < -0.39 is 0 Å². The number of hydrogen-bond acceptors (Lipinski definition) is 4. The number of aryl methyl sites for hydroxylation is 1. The molecule has 0 saturated carbocycles. The number of aromatic nitrogens is 1. The van der Waals surface area contributed by atoms with Crippen molar-refractivity contribution in [2.75, 3.05) is 6.54 Å². The number of nitrogens with zero attached hydrogens (tertiary/aromatic N) is 1. The largest absolute Gasteiger partial charge is 0.364 e. The molecule has 2 amide bonds. The van der Waals surface area contributed by atoms with Crippen molar-refractivity contribution in [2.24, 2.45) is 0 Å². The molecule has 0 atom stereocenters. The second-order valence-corrected chi connectivity index (χ2v) is 4.86. The summed E-state index contributed by atoms with van der Waals surface area (Å²) in [4.78, 5) is 12.6. The van der Waals surface area contributed by atoms with Crippen LogP contribution >= 0.6 is 11.3 Å². The lowest BCUT2D eigenvalue weighted by Gasteiger charge is -2.05. The third-order valence-corrected chi connectivity index (χ3v) is 3.29. The lowest BCUT2D eigenvalue weighted by atomic mass is 10.2. The topological polar surface area (TPSA) is 67.2 Å². The van der Waals surface area contributed by atoms with Gasteiger partial charge in [0.2, 0.25) is 0 Å². The zero-order valence-electron chi connectivity index (χ0n) is 9.89. The van der Waals surface area contributed by atoms with Crippen molar-refractivity contribution in [3.63, 3.8) is 0 Å². The Morgan fingerprint density at radius 3 is 3.11 bits per heavy atom. The van der Waals surface area contributed by atoms with E-state index in [9.17, 15) is 4.79 Å². The normalized spacial score (nSPS) is 10.2. The zero-order valence-corrected chi connectivity index (χ0v) is 10.7. The maximum atomic E-state index is 11.5. The van der Waals surface area contributed by atoms with E-state index in [0.29, 0.717) is 13.1 Å². The van der Waals surface area contributed by atoms with Gasteiger partial charge in [0.1, 0.15) is 6.26 Å². The number of hydrogen-bond donors (Lipinski definition) is 2. The summed E-state index contributed by atoms with van der Waals surface area (Å²) in [6.07, 6.45) is 5.04. The molecule has 0 spiro atoms. The maximum absolute atomic E-state index is 11.5. The van der Waals surface area contributed by atoms with Crippen LogP contribution in [0.2, 0.25) is 0 Å². The minimum absolute atomic E-state index is 0.131. The fraction of sp³-hybridized carbons (Fsp3) is 0.333. The molecule has 0 fully saturated rings. The average Bonchev–Trinajstić information content (AvgIpc) is 3.04. The van der Waals surface area contributed by atoms with E-state index in [0.717, 1.165) is 23.3 Å². The Bertz CT molecular complexity index is 454. The van der Waals surface area contributed by atoms with Gasteiger partial charge in [-0.2, -0.15) is 0 Å². The minimum Gasteiger partial charge on any atom is -0.364 e. The molecule has 5 nitrogen and oxygen atoms in total. The van der Waals surface area contributed by atoms with Gasteiger partial charge in [-0.25, -0.2) is 4.79 Å². The number of urea groups is 1. The van der Waals surface area contributed by atoms with Crippen LogP contribution in [0.3, 0.4) is 0 Å². The second kappa shape index (κ2) is 6.80. The third-order valence-electron chi connectivity index (χ3n) is 2.41. The van der Waals surface area contributed by atoms with E-state index in [4.69, 9.17) is 4.52 Å². The summed E-state index contributed by atoms with van der Waals surface area (Å²) in [7, 11) is 0. The summed E-state index contributed by atoms with van der Waals surface area (Å²) >= 11 is 1.63. The molecule has 0 bridgehead atoms. The van der Waals surface area contributed by atoms with Crippen molar-refractivity contribution in [1.29, 1.82) is 0 Å². The molecule has 0 radical (unpaired) electrons. The van der Waals surface area contributed by atoms with Crippen molar-refractivity contribution >= 4 is 17.4 Å². The molecule has 2 aromatic heterocycles. The summed E-state index contributed by atoms with van der Waals surface area (Å²) in [5.41, 5.74) is 1.05. The van der Waals surface area contributed by atoms with E-state index in [1.807, 2.05) is 17.5 Å². The Labute approximate surface area is 109 Å². The van der Waals surface area contributed by atoms with Crippen molar-refractivity contribution < 1.29 is 9.32 Å². The number of carbonyl (C=O) groups excluding carboxylic acids is 1. The van der Waals surface area contributed by atoms with Crippen LogP contribution in [-0.2, 0) is 13.0 Å². The molecule has 0 aliphatic rings. The molecule has 2 rings (SSSR count). The second-order valence-electron chi connectivity index (χ2n) is 3.83.